The number of hydrogen-bond acceptors (Lipinski definition) is 2. The highest BCUT2D eigenvalue weighted by Crippen LogP contribution is 2.34. The Morgan fingerprint density at radius 1 is 1.38 bits per heavy atom. The molecule has 0 fully saturated rings. The molecular formula is C15H18F3NO2. The molecule has 0 radical (unpaired) electrons. The molecule has 0 heterocycles. The minimum absolute atomic E-state index is 0.0186. The number of rotatable bonds is 5. The predicted octanol–water partition coefficient (Wildman–Crippen LogP) is 3.00. The fourth-order valence-electron chi connectivity index (χ4n) is 1.90. The van der Waals surface area contributed by atoms with Crippen LogP contribution >= 0.6 is 0 Å². The van der Waals surface area contributed by atoms with E-state index in [1.165, 1.54) is 25.1 Å². The van der Waals surface area contributed by atoms with Crippen LogP contribution in [0.15, 0.2) is 30.3 Å². The molecule has 1 unspecified atom stereocenters. The Labute approximate surface area is 121 Å². The van der Waals surface area contributed by atoms with Crippen LogP contribution in [0.1, 0.15) is 31.4 Å². The van der Waals surface area contributed by atoms with E-state index in [1.54, 1.807) is 6.92 Å². The van der Waals surface area contributed by atoms with Gasteiger partial charge < -0.3 is 10.4 Å². The largest absolute Gasteiger partial charge is 0.416 e. The second kappa shape index (κ2) is 7.26. The molecule has 0 aliphatic heterocycles. The second-order valence-electron chi connectivity index (χ2n) is 4.79. The molecule has 3 nitrogen and oxygen atoms in total. The Balaban J connectivity index is 2.96. The molecule has 1 aromatic rings. The first kappa shape index (κ1) is 17.2. The maximum absolute atomic E-state index is 12.9. The van der Waals surface area contributed by atoms with Crippen molar-refractivity contribution < 1.29 is 23.1 Å². The fourth-order valence-corrected chi connectivity index (χ4v) is 1.90. The van der Waals surface area contributed by atoms with E-state index in [-0.39, 0.29) is 23.8 Å². The maximum atomic E-state index is 12.9. The lowest BCUT2D eigenvalue weighted by atomic mass is 10.00. The van der Waals surface area contributed by atoms with Crippen LogP contribution in [0.3, 0.4) is 0 Å². The first-order chi connectivity index (χ1) is 9.75. The molecule has 0 aromatic heterocycles. The highest BCUT2D eigenvalue weighted by Gasteiger charge is 2.33. The summed E-state index contributed by atoms with van der Waals surface area (Å²) in [5.74, 6) is -0.481. The topological polar surface area (TPSA) is 49.3 Å². The first-order valence-corrected chi connectivity index (χ1v) is 6.52. The van der Waals surface area contributed by atoms with Crippen LogP contribution in [-0.4, -0.2) is 23.7 Å². The fraction of sp³-hybridized carbons (Fsp3) is 0.400. The van der Waals surface area contributed by atoms with Gasteiger partial charge in [-0.3, -0.25) is 4.79 Å². The van der Waals surface area contributed by atoms with Gasteiger partial charge in [-0.05, 0) is 37.5 Å². The summed E-state index contributed by atoms with van der Waals surface area (Å²) in [6.45, 7) is 3.10. The van der Waals surface area contributed by atoms with Gasteiger partial charge in [-0.2, -0.15) is 13.2 Å². The molecule has 21 heavy (non-hydrogen) atoms. The van der Waals surface area contributed by atoms with Crippen molar-refractivity contribution in [3.05, 3.63) is 41.5 Å². The van der Waals surface area contributed by atoms with E-state index >= 15 is 0 Å². The monoisotopic (exact) mass is 301 g/mol. The molecule has 0 aliphatic carbocycles. The average Bonchev–Trinajstić information content (AvgIpc) is 2.37. The van der Waals surface area contributed by atoms with Crippen molar-refractivity contribution in [3.63, 3.8) is 0 Å². The van der Waals surface area contributed by atoms with Crippen molar-refractivity contribution in [1.82, 2.24) is 5.32 Å². The highest BCUT2D eigenvalue weighted by molar-refractivity contribution is 5.95. The van der Waals surface area contributed by atoms with Crippen LogP contribution in [0.25, 0.3) is 5.57 Å². The van der Waals surface area contributed by atoms with Crippen molar-refractivity contribution in [2.24, 2.45) is 0 Å². The smallest absolute Gasteiger partial charge is 0.396 e. The molecule has 0 bridgehead atoms. The van der Waals surface area contributed by atoms with Crippen molar-refractivity contribution in [2.45, 2.75) is 32.5 Å². The van der Waals surface area contributed by atoms with E-state index in [0.717, 1.165) is 12.1 Å². The number of nitrogens with one attached hydrogen (secondary N) is 1. The lowest BCUT2D eigenvalue weighted by Gasteiger charge is -2.14. The summed E-state index contributed by atoms with van der Waals surface area (Å²) in [7, 11) is 0. The summed E-state index contributed by atoms with van der Waals surface area (Å²) >= 11 is 0. The molecule has 6 heteroatoms. The Bertz CT molecular complexity index is 524. The number of benzene rings is 1. The molecule has 0 spiro atoms. The number of amides is 1. The number of hydrogen-bond donors (Lipinski definition) is 2. The number of halogens is 3. The number of allylic oxidation sites excluding steroid dienone is 1. The van der Waals surface area contributed by atoms with Gasteiger partial charge in [0, 0.05) is 18.7 Å². The third-order valence-electron chi connectivity index (χ3n) is 2.96. The Morgan fingerprint density at radius 3 is 2.57 bits per heavy atom. The summed E-state index contributed by atoms with van der Waals surface area (Å²) in [5.41, 5.74) is -0.554. The average molecular weight is 301 g/mol. The lowest BCUT2D eigenvalue weighted by molar-refractivity contribution is -0.137. The van der Waals surface area contributed by atoms with Crippen LogP contribution in [0, 0.1) is 0 Å². The zero-order chi connectivity index (χ0) is 16.0. The van der Waals surface area contributed by atoms with E-state index < -0.39 is 17.6 Å². The zero-order valence-electron chi connectivity index (χ0n) is 11.9. The molecule has 0 saturated carbocycles. The van der Waals surface area contributed by atoms with Crippen molar-refractivity contribution in [1.29, 1.82) is 0 Å². The van der Waals surface area contributed by atoms with Crippen LogP contribution in [0.4, 0.5) is 13.2 Å². The van der Waals surface area contributed by atoms with Gasteiger partial charge in [-0.15, -0.1) is 0 Å². The molecule has 2 N–H and O–H groups in total. The van der Waals surface area contributed by atoms with Crippen molar-refractivity contribution in [2.75, 3.05) is 6.61 Å². The molecule has 116 valence electrons. The SMILES string of the molecule is C/C(=C/C(=O)NC(C)CCO)c1ccccc1C(F)(F)F. The Morgan fingerprint density at radius 2 is 2.00 bits per heavy atom. The van der Waals surface area contributed by atoms with E-state index in [2.05, 4.69) is 5.32 Å². The molecular weight excluding hydrogens is 283 g/mol. The molecule has 1 atom stereocenters. The quantitative estimate of drug-likeness (QED) is 0.821. The normalized spacial score (nSPS) is 13.9. The summed E-state index contributed by atoms with van der Waals surface area (Å²) in [6.07, 6.45) is -2.94. The number of carbonyl (C=O) groups excluding carboxylic acids is 1. The third kappa shape index (κ3) is 5.23. The van der Waals surface area contributed by atoms with E-state index in [9.17, 15) is 18.0 Å². The van der Waals surface area contributed by atoms with Gasteiger partial charge in [0.25, 0.3) is 0 Å². The van der Waals surface area contributed by atoms with Crippen LogP contribution in [-0.2, 0) is 11.0 Å². The molecule has 0 saturated heterocycles. The highest BCUT2D eigenvalue weighted by atomic mass is 19.4. The summed E-state index contributed by atoms with van der Waals surface area (Å²) in [6, 6.07) is 4.87. The van der Waals surface area contributed by atoms with Crippen LogP contribution in [0.2, 0.25) is 0 Å². The summed E-state index contributed by atoms with van der Waals surface area (Å²) in [4.78, 5) is 11.7. The predicted molar refractivity (Wildman–Crippen MR) is 74.4 cm³/mol. The number of aliphatic hydroxyl groups is 1. The van der Waals surface area contributed by atoms with Crippen molar-refractivity contribution in [3.8, 4) is 0 Å². The Kier molecular flexibility index (Phi) is 5.96. The van der Waals surface area contributed by atoms with E-state index in [1.807, 2.05) is 0 Å². The summed E-state index contributed by atoms with van der Waals surface area (Å²) < 4.78 is 38.7. The van der Waals surface area contributed by atoms with Crippen LogP contribution < -0.4 is 5.32 Å². The van der Waals surface area contributed by atoms with Gasteiger partial charge in [0.2, 0.25) is 5.91 Å². The molecule has 1 amide bonds. The number of aliphatic hydroxyl groups excluding tert-OH is 1. The molecule has 1 aromatic carbocycles. The van der Waals surface area contributed by atoms with Gasteiger partial charge in [-0.25, -0.2) is 0 Å². The zero-order valence-corrected chi connectivity index (χ0v) is 11.9. The van der Waals surface area contributed by atoms with Crippen molar-refractivity contribution >= 4 is 11.5 Å². The van der Waals surface area contributed by atoms with Crippen LogP contribution in [0.5, 0.6) is 0 Å². The Hall–Kier alpha value is -1.82. The van der Waals surface area contributed by atoms with Gasteiger partial charge in [0.15, 0.2) is 0 Å². The standard InChI is InChI=1S/C15H18F3NO2/c1-10(9-14(21)19-11(2)7-8-20)12-5-3-4-6-13(12)15(16,17)18/h3-6,9,11,20H,7-8H2,1-2H3,(H,19,21)/b10-9-. The molecule has 0 aliphatic rings. The maximum Gasteiger partial charge on any atom is 0.416 e. The van der Waals surface area contributed by atoms with E-state index in [4.69, 9.17) is 5.11 Å². The van der Waals surface area contributed by atoms with Gasteiger partial charge in [0.05, 0.1) is 5.56 Å². The minimum atomic E-state index is -4.47. The minimum Gasteiger partial charge on any atom is -0.396 e. The number of carbonyl (C=O) groups is 1. The third-order valence-corrected chi connectivity index (χ3v) is 2.96. The van der Waals surface area contributed by atoms with E-state index in [0.29, 0.717) is 6.42 Å². The van der Waals surface area contributed by atoms with Gasteiger partial charge in [0.1, 0.15) is 0 Å². The second-order valence-corrected chi connectivity index (χ2v) is 4.79. The molecule has 1 rings (SSSR count). The van der Waals surface area contributed by atoms with Gasteiger partial charge in [-0.1, -0.05) is 18.2 Å². The van der Waals surface area contributed by atoms with Gasteiger partial charge >= 0.3 is 6.18 Å². The number of alkyl halides is 3. The first-order valence-electron chi connectivity index (χ1n) is 6.52. The lowest BCUT2D eigenvalue weighted by Crippen LogP contribution is -2.31. The summed E-state index contributed by atoms with van der Waals surface area (Å²) in [5, 5.41) is 11.3.